The second-order valence-corrected chi connectivity index (χ2v) is 5.39. The Morgan fingerprint density at radius 2 is 2.13 bits per heavy atom. The number of carboxylic acid groups (broad SMARTS) is 1. The summed E-state index contributed by atoms with van der Waals surface area (Å²) in [6.07, 6.45) is 1.99. The van der Waals surface area contributed by atoms with Crippen LogP contribution >= 0.6 is 0 Å². The highest BCUT2D eigenvalue weighted by atomic mass is 16.4. The maximum Gasteiger partial charge on any atom is 0.310 e. The highest BCUT2D eigenvalue weighted by Gasteiger charge is 2.36. The molecule has 0 aromatic rings. The average Bonchev–Trinajstić information content (AvgIpc) is 2.80. The van der Waals surface area contributed by atoms with Gasteiger partial charge in [-0.05, 0) is 38.6 Å². The molecular formula is C12H23NO2. The third kappa shape index (κ3) is 3.20. The molecule has 0 radical (unpaired) electrons. The van der Waals surface area contributed by atoms with Crippen LogP contribution in [-0.2, 0) is 4.79 Å². The van der Waals surface area contributed by atoms with Crippen LogP contribution in [-0.4, -0.2) is 36.1 Å². The minimum absolute atomic E-state index is 0.590. The van der Waals surface area contributed by atoms with E-state index >= 15 is 0 Å². The second-order valence-electron chi connectivity index (χ2n) is 5.39. The van der Waals surface area contributed by atoms with Crippen molar-refractivity contribution in [3.63, 3.8) is 0 Å². The van der Waals surface area contributed by atoms with Gasteiger partial charge in [0.2, 0.25) is 0 Å². The van der Waals surface area contributed by atoms with Crippen molar-refractivity contribution in [2.24, 2.45) is 17.3 Å². The van der Waals surface area contributed by atoms with Gasteiger partial charge in [-0.3, -0.25) is 4.79 Å². The Hall–Kier alpha value is -0.570. The van der Waals surface area contributed by atoms with Gasteiger partial charge in [0.25, 0.3) is 0 Å². The highest BCUT2D eigenvalue weighted by Crippen LogP contribution is 2.38. The molecule has 1 aliphatic rings. The minimum atomic E-state index is -0.680. The predicted molar refractivity (Wildman–Crippen MR) is 60.8 cm³/mol. The second kappa shape index (κ2) is 4.52. The number of hydrogen-bond acceptors (Lipinski definition) is 2. The zero-order chi connectivity index (χ0) is 11.6. The van der Waals surface area contributed by atoms with Gasteiger partial charge in [0.05, 0.1) is 5.41 Å². The van der Waals surface area contributed by atoms with E-state index in [1.807, 2.05) is 20.9 Å². The molecule has 0 heterocycles. The van der Waals surface area contributed by atoms with E-state index in [2.05, 4.69) is 11.8 Å². The molecule has 15 heavy (non-hydrogen) atoms. The molecule has 1 aliphatic carbocycles. The lowest BCUT2D eigenvalue weighted by atomic mass is 9.87. The van der Waals surface area contributed by atoms with Crippen molar-refractivity contribution in [1.29, 1.82) is 0 Å². The first kappa shape index (κ1) is 12.5. The first-order valence-corrected chi connectivity index (χ1v) is 5.81. The molecule has 0 bridgehead atoms. The molecule has 1 rings (SSSR count). The van der Waals surface area contributed by atoms with Crippen molar-refractivity contribution >= 4 is 5.97 Å². The van der Waals surface area contributed by atoms with Crippen LogP contribution in [0.4, 0.5) is 0 Å². The maximum absolute atomic E-state index is 11.1. The van der Waals surface area contributed by atoms with Crippen LogP contribution in [0, 0.1) is 17.3 Å². The van der Waals surface area contributed by atoms with Crippen molar-refractivity contribution in [3.05, 3.63) is 0 Å². The van der Waals surface area contributed by atoms with Crippen molar-refractivity contribution in [1.82, 2.24) is 4.90 Å². The molecule has 3 atom stereocenters. The van der Waals surface area contributed by atoms with E-state index < -0.39 is 11.4 Å². The Labute approximate surface area is 92.5 Å². The molecule has 3 unspecified atom stereocenters. The van der Waals surface area contributed by atoms with Crippen LogP contribution in [0.15, 0.2) is 0 Å². The smallest absolute Gasteiger partial charge is 0.310 e. The van der Waals surface area contributed by atoms with Gasteiger partial charge in [-0.15, -0.1) is 0 Å². The molecule has 0 amide bonds. The molecule has 1 saturated carbocycles. The molecule has 3 heteroatoms. The average molecular weight is 213 g/mol. The number of rotatable bonds is 6. The minimum Gasteiger partial charge on any atom is -0.481 e. The van der Waals surface area contributed by atoms with Gasteiger partial charge in [0, 0.05) is 13.1 Å². The molecule has 0 aromatic carbocycles. The number of aliphatic carboxylic acids is 1. The number of hydrogen-bond donors (Lipinski definition) is 1. The predicted octanol–water partition coefficient (Wildman–Crippen LogP) is 2.08. The first-order chi connectivity index (χ1) is 6.89. The van der Waals surface area contributed by atoms with Gasteiger partial charge >= 0.3 is 5.97 Å². The Kier molecular flexibility index (Phi) is 3.77. The fourth-order valence-electron chi connectivity index (χ4n) is 2.04. The lowest BCUT2D eigenvalue weighted by Gasteiger charge is -2.29. The van der Waals surface area contributed by atoms with Crippen LogP contribution in [0.25, 0.3) is 0 Å². The Balaban J connectivity index is 2.40. The van der Waals surface area contributed by atoms with Crippen LogP contribution in [0.2, 0.25) is 0 Å². The Morgan fingerprint density at radius 3 is 2.47 bits per heavy atom. The summed E-state index contributed by atoms with van der Waals surface area (Å²) in [5, 5.41) is 9.16. The van der Waals surface area contributed by atoms with Crippen molar-refractivity contribution < 1.29 is 9.90 Å². The van der Waals surface area contributed by atoms with E-state index in [9.17, 15) is 4.79 Å². The third-order valence-electron chi connectivity index (χ3n) is 3.74. The van der Waals surface area contributed by atoms with Crippen LogP contribution in [0.1, 0.15) is 33.6 Å². The molecule has 88 valence electrons. The summed E-state index contributed by atoms with van der Waals surface area (Å²) in [5.74, 6) is 0.954. The number of nitrogens with zero attached hydrogens (tertiary/aromatic N) is 1. The Morgan fingerprint density at radius 1 is 1.60 bits per heavy atom. The summed E-state index contributed by atoms with van der Waals surface area (Å²) in [4.78, 5) is 13.3. The van der Waals surface area contributed by atoms with Gasteiger partial charge < -0.3 is 10.0 Å². The van der Waals surface area contributed by atoms with Crippen LogP contribution in [0.3, 0.4) is 0 Å². The molecule has 0 spiro atoms. The third-order valence-corrected chi connectivity index (χ3v) is 3.74. The molecule has 0 saturated heterocycles. The van der Waals surface area contributed by atoms with E-state index in [0.29, 0.717) is 13.0 Å². The lowest BCUT2D eigenvalue weighted by Crippen LogP contribution is -2.39. The highest BCUT2D eigenvalue weighted by molar-refractivity contribution is 5.74. The summed E-state index contributed by atoms with van der Waals surface area (Å²) in [5.41, 5.74) is -0.590. The van der Waals surface area contributed by atoms with Gasteiger partial charge in [-0.1, -0.05) is 13.8 Å². The van der Waals surface area contributed by atoms with Gasteiger partial charge in [-0.25, -0.2) is 0 Å². The summed E-state index contributed by atoms with van der Waals surface area (Å²) >= 11 is 0. The summed E-state index contributed by atoms with van der Waals surface area (Å²) < 4.78 is 0. The monoisotopic (exact) mass is 213 g/mol. The normalized spacial score (nSPS) is 28.9. The molecule has 1 fully saturated rings. The van der Waals surface area contributed by atoms with Gasteiger partial charge in [0.1, 0.15) is 0 Å². The van der Waals surface area contributed by atoms with Gasteiger partial charge in [-0.2, -0.15) is 0 Å². The fourth-order valence-corrected chi connectivity index (χ4v) is 2.04. The SMILES string of the molecule is CCC(C)(CN(C)CC1CC1C)C(=O)O. The zero-order valence-corrected chi connectivity index (χ0v) is 10.3. The van der Waals surface area contributed by atoms with E-state index in [1.165, 1.54) is 6.42 Å². The lowest BCUT2D eigenvalue weighted by molar-refractivity contribution is -0.149. The van der Waals surface area contributed by atoms with Crippen molar-refractivity contribution in [3.8, 4) is 0 Å². The van der Waals surface area contributed by atoms with E-state index in [0.717, 1.165) is 18.4 Å². The van der Waals surface area contributed by atoms with Gasteiger partial charge in [0.15, 0.2) is 0 Å². The molecule has 0 aromatic heterocycles. The molecular weight excluding hydrogens is 190 g/mol. The van der Waals surface area contributed by atoms with Crippen molar-refractivity contribution in [2.45, 2.75) is 33.6 Å². The van der Waals surface area contributed by atoms with Crippen LogP contribution < -0.4 is 0 Å². The Bertz CT molecular complexity index is 242. The van der Waals surface area contributed by atoms with E-state index in [1.54, 1.807) is 0 Å². The molecule has 0 aliphatic heterocycles. The maximum atomic E-state index is 11.1. The van der Waals surface area contributed by atoms with E-state index in [4.69, 9.17) is 5.11 Å². The van der Waals surface area contributed by atoms with Crippen LogP contribution in [0.5, 0.6) is 0 Å². The number of carboxylic acids is 1. The van der Waals surface area contributed by atoms with Crippen molar-refractivity contribution in [2.75, 3.05) is 20.1 Å². The quantitative estimate of drug-likeness (QED) is 0.734. The molecule has 3 nitrogen and oxygen atoms in total. The molecule has 1 N–H and O–H groups in total. The summed E-state index contributed by atoms with van der Waals surface area (Å²) in [7, 11) is 2.03. The summed E-state index contributed by atoms with van der Waals surface area (Å²) in [6.45, 7) is 7.74. The topological polar surface area (TPSA) is 40.5 Å². The number of carbonyl (C=O) groups is 1. The largest absolute Gasteiger partial charge is 0.481 e. The zero-order valence-electron chi connectivity index (χ0n) is 10.3. The standard InChI is InChI=1S/C12H23NO2/c1-5-12(3,11(14)15)8-13(4)7-10-6-9(10)2/h9-10H,5-8H2,1-4H3,(H,14,15). The fraction of sp³-hybridized carbons (Fsp3) is 0.917. The first-order valence-electron chi connectivity index (χ1n) is 5.81. The van der Waals surface area contributed by atoms with E-state index in [-0.39, 0.29) is 0 Å². The summed E-state index contributed by atoms with van der Waals surface area (Å²) in [6, 6.07) is 0.